The third-order valence-corrected chi connectivity index (χ3v) is 4.62. The number of anilines is 1. The highest BCUT2D eigenvalue weighted by Gasteiger charge is 2.39. The fraction of sp³-hybridized carbons (Fsp3) is 0.733. The van der Waals surface area contributed by atoms with Crippen LogP contribution in [-0.4, -0.2) is 23.6 Å². The van der Waals surface area contributed by atoms with Gasteiger partial charge in [-0.3, -0.25) is 0 Å². The Kier molecular flexibility index (Phi) is 5.38. The Bertz CT molecular complexity index is 455. The van der Waals surface area contributed by atoms with Crippen molar-refractivity contribution in [1.29, 1.82) is 0 Å². The lowest BCUT2D eigenvalue weighted by Crippen LogP contribution is -2.36. The summed E-state index contributed by atoms with van der Waals surface area (Å²) in [5.74, 6) is 2.34. The van der Waals surface area contributed by atoms with Gasteiger partial charge < -0.3 is 10.1 Å². The summed E-state index contributed by atoms with van der Waals surface area (Å²) in [5, 5.41) is 3.34. The van der Waals surface area contributed by atoms with Gasteiger partial charge in [0.2, 0.25) is 0 Å². The molecular formula is C15H24BrN3O. The highest BCUT2D eigenvalue weighted by Crippen LogP contribution is 2.41. The Morgan fingerprint density at radius 2 is 2.35 bits per heavy atom. The second kappa shape index (κ2) is 6.85. The maximum absolute atomic E-state index is 5.87. The molecule has 0 spiro atoms. The van der Waals surface area contributed by atoms with Gasteiger partial charge in [0.25, 0.3) is 0 Å². The highest BCUT2D eigenvalue weighted by atomic mass is 79.9. The number of aromatic nitrogens is 2. The maximum Gasteiger partial charge on any atom is 0.162 e. The molecule has 4 nitrogen and oxygen atoms in total. The number of hydrogen-bond donors (Lipinski definition) is 1. The van der Waals surface area contributed by atoms with Gasteiger partial charge in [0.05, 0.1) is 4.47 Å². The van der Waals surface area contributed by atoms with E-state index < -0.39 is 0 Å². The van der Waals surface area contributed by atoms with Crippen molar-refractivity contribution < 1.29 is 4.74 Å². The van der Waals surface area contributed by atoms with Crippen LogP contribution in [0.15, 0.2) is 10.7 Å². The molecular weight excluding hydrogens is 318 g/mol. The zero-order valence-electron chi connectivity index (χ0n) is 12.6. The van der Waals surface area contributed by atoms with E-state index in [-0.39, 0.29) is 5.60 Å². The van der Waals surface area contributed by atoms with Crippen LogP contribution >= 0.6 is 15.9 Å². The van der Waals surface area contributed by atoms with Gasteiger partial charge in [0.1, 0.15) is 11.4 Å². The summed E-state index contributed by atoms with van der Waals surface area (Å²) in [6.07, 6.45) is 7.34. The van der Waals surface area contributed by atoms with Crippen LogP contribution in [-0.2, 0) is 10.3 Å². The van der Waals surface area contributed by atoms with Gasteiger partial charge in [-0.1, -0.05) is 20.3 Å². The third kappa shape index (κ3) is 3.31. The molecule has 2 unspecified atom stereocenters. The van der Waals surface area contributed by atoms with E-state index in [0.717, 1.165) is 41.9 Å². The smallest absolute Gasteiger partial charge is 0.162 e. The van der Waals surface area contributed by atoms with Crippen LogP contribution < -0.4 is 5.32 Å². The lowest BCUT2D eigenvalue weighted by molar-refractivity contribution is -0.0645. The SMILES string of the molecule is CCCNc1nc(C2(OC)CCCC(C)C2)ncc1Br. The molecule has 1 aromatic rings. The Hall–Kier alpha value is -0.680. The molecule has 0 aliphatic heterocycles. The van der Waals surface area contributed by atoms with E-state index in [9.17, 15) is 0 Å². The summed E-state index contributed by atoms with van der Waals surface area (Å²) in [6, 6.07) is 0. The zero-order chi connectivity index (χ0) is 14.6. The molecule has 1 aliphatic rings. The van der Waals surface area contributed by atoms with Crippen LogP contribution in [0.4, 0.5) is 5.82 Å². The third-order valence-electron chi connectivity index (χ3n) is 4.04. The fourth-order valence-electron chi connectivity index (χ4n) is 2.94. The molecule has 5 heteroatoms. The first-order chi connectivity index (χ1) is 9.61. The molecule has 0 bridgehead atoms. The minimum atomic E-state index is -0.318. The number of hydrogen-bond acceptors (Lipinski definition) is 4. The van der Waals surface area contributed by atoms with Gasteiger partial charge in [-0.05, 0) is 47.5 Å². The van der Waals surface area contributed by atoms with Crippen LogP contribution in [0.1, 0.15) is 51.8 Å². The van der Waals surface area contributed by atoms with Crippen molar-refractivity contribution in [3.63, 3.8) is 0 Å². The average Bonchev–Trinajstić information content (AvgIpc) is 2.46. The summed E-state index contributed by atoms with van der Waals surface area (Å²) in [6.45, 7) is 5.33. The lowest BCUT2D eigenvalue weighted by Gasteiger charge is -2.37. The molecule has 1 aromatic heterocycles. The van der Waals surface area contributed by atoms with E-state index in [2.05, 4.69) is 40.1 Å². The molecule has 20 heavy (non-hydrogen) atoms. The second-order valence-corrected chi connectivity index (χ2v) is 6.57. The number of nitrogens with zero attached hydrogens (tertiary/aromatic N) is 2. The average molecular weight is 342 g/mol. The topological polar surface area (TPSA) is 47.0 Å². The maximum atomic E-state index is 5.87. The first-order valence-electron chi connectivity index (χ1n) is 7.43. The van der Waals surface area contributed by atoms with Crippen molar-refractivity contribution in [3.8, 4) is 0 Å². The van der Waals surface area contributed by atoms with Gasteiger partial charge in [0, 0.05) is 19.9 Å². The Morgan fingerprint density at radius 1 is 1.55 bits per heavy atom. The zero-order valence-corrected chi connectivity index (χ0v) is 14.2. The molecule has 1 fully saturated rings. The van der Waals surface area contributed by atoms with E-state index in [0.29, 0.717) is 5.92 Å². The monoisotopic (exact) mass is 341 g/mol. The first kappa shape index (κ1) is 15.7. The van der Waals surface area contributed by atoms with Crippen molar-refractivity contribution in [1.82, 2.24) is 9.97 Å². The quantitative estimate of drug-likeness (QED) is 0.875. The summed E-state index contributed by atoms with van der Waals surface area (Å²) in [7, 11) is 1.78. The van der Waals surface area contributed by atoms with Gasteiger partial charge >= 0.3 is 0 Å². The molecule has 0 saturated heterocycles. The van der Waals surface area contributed by atoms with Crippen molar-refractivity contribution in [3.05, 3.63) is 16.5 Å². The van der Waals surface area contributed by atoms with E-state index in [4.69, 9.17) is 9.72 Å². The van der Waals surface area contributed by atoms with Crippen LogP contribution in [0.3, 0.4) is 0 Å². The molecule has 1 heterocycles. The van der Waals surface area contributed by atoms with Crippen molar-refractivity contribution in [2.24, 2.45) is 5.92 Å². The molecule has 112 valence electrons. The van der Waals surface area contributed by atoms with E-state index in [1.807, 2.05) is 6.20 Å². The first-order valence-corrected chi connectivity index (χ1v) is 8.22. The fourth-order valence-corrected chi connectivity index (χ4v) is 3.27. The molecule has 2 rings (SSSR count). The van der Waals surface area contributed by atoms with Crippen LogP contribution in [0, 0.1) is 5.92 Å². The minimum Gasteiger partial charge on any atom is -0.370 e. The molecule has 1 aliphatic carbocycles. The number of ether oxygens (including phenoxy) is 1. The Balaban J connectivity index is 2.29. The summed E-state index contributed by atoms with van der Waals surface area (Å²) in [4.78, 5) is 9.24. The standard InChI is InChI=1S/C15H24BrN3O/c1-4-8-17-13-12(16)10-18-14(19-13)15(20-3)7-5-6-11(2)9-15/h10-11H,4-9H2,1-3H3,(H,17,18,19). The molecule has 0 amide bonds. The van der Waals surface area contributed by atoms with Gasteiger partial charge in [-0.2, -0.15) is 0 Å². The lowest BCUT2D eigenvalue weighted by atomic mass is 9.78. The normalized spacial score (nSPS) is 26.5. The number of nitrogens with one attached hydrogen (secondary N) is 1. The number of halogens is 1. The van der Waals surface area contributed by atoms with Crippen LogP contribution in [0.5, 0.6) is 0 Å². The van der Waals surface area contributed by atoms with Gasteiger partial charge in [-0.15, -0.1) is 0 Å². The highest BCUT2D eigenvalue weighted by molar-refractivity contribution is 9.10. The molecule has 1 N–H and O–H groups in total. The van der Waals surface area contributed by atoms with E-state index >= 15 is 0 Å². The molecule has 2 atom stereocenters. The molecule has 0 radical (unpaired) electrons. The number of methoxy groups -OCH3 is 1. The predicted molar refractivity (Wildman–Crippen MR) is 84.8 cm³/mol. The molecule has 1 saturated carbocycles. The largest absolute Gasteiger partial charge is 0.370 e. The Morgan fingerprint density at radius 3 is 3.00 bits per heavy atom. The van der Waals surface area contributed by atoms with Crippen molar-refractivity contribution in [2.45, 2.75) is 51.6 Å². The van der Waals surface area contributed by atoms with Crippen molar-refractivity contribution >= 4 is 21.7 Å². The van der Waals surface area contributed by atoms with E-state index in [1.165, 1.54) is 12.8 Å². The predicted octanol–water partition coefficient (Wildman–Crippen LogP) is 4.11. The summed E-state index contributed by atoms with van der Waals surface area (Å²) in [5.41, 5.74) is -0.318. The Labute approximate surface area is 129 Å². The molecule has 0 aromatic carbocycles. The second-order valence-electron chi connectivity index (χ2n) is 5.72. The van der Waals surface area contributed by atoms with Crippen LogP contribution in [0.2, 0.25) is 0 Å². The summed E-state index contributed by atoms with van der Waals surface area (Å²) < 4.78 is 6.77. The number of rotatable bonds is 5. The van der Waals surface area contributed by atoms with Crippen LogP contribution in [0.25, 0.3) is 0 Å². The van der Waals surface area contributed by atoms with Gasteiger partial charge in [0.15, 0.2) is 5.82 Å². The van der Waals surface area contributed by atoms with E-state index in [1.54, 1.807) is 7.11 Å². The van der Waals surface area contributed by atoms with Gasteiger partial charge in [-0.25, -0.2) is 9.97 Å². The minimum absolute atomic E-state index is 0.318. The summed E-state index contributed by atoms with van der Waals surface area (Å²) >= 11 is 3.51. The van der Waals surface area contributed by atoms with Crippen molar-refractivity contribution in [2.75, 3.05) is 19.0 Å².